The molecular formula is C11H13N3O. The fourth-order valence-corrected chi connectivity index (χ4v) is 2.42. The SMILES string of the molecule is Nc1ccc(N2C(=O)C3CC2CN3)cc1. The van der Waals surface area contributed by atoms with Crippen molar-refractivity contribution < 1.29 is 4.79 Å². The number of piperazine rings is 1. The Hall–Kier alpha value is -1.55. The summed E-state index contributed by atoms with van der Waals surface area (Å²) in [5, 5.41) is 3.20. The minimum atomic E-state index is 0.0348. The predicted octanol–water partition coefficient (Wildman–Crippen LogP) is 0.346. The number of amides is 1. The molecule has 3 rings (SSSR count). The molecule has 1 amide bonds. The molecule has 3 N–H and O–H groups in total. The Labute approximate surface area is 88.1 Å². The van der Waals surface area contributed by atoms with E-state index in [0.717, 1.165) is 24.3 Å². The van der Waals surface area contributed by atoms with Gasteiger partial charge in [0.05, 0.1) is 12.1 Å². The van der Waals surface area contributed by atoms with E-state index in [1.165, 1.54) is 0 Å². The highest BCUT2D eigenvalue weighted by Gasteiger charge is 2.45. The molecule has 1 aromatic rings. The van der Waals surface area contributed by atoms with Crippen LogP contribution in [0.2, 0.25) is 0 Å². The van der Waals surface area contributed by atoms with Gasteiger partial charge in [0.15, 0.2) is 0 Å². The molecule has 2 fully saturated rings. The van der Waals surface area contributed by atoms with Crippen LogP contribution in [0.5, 0.6) is 0 Å². The van der Waals surface area contributed by atoms with Gasteiger partial charge >= 0.3 is 0 Å². The molecule has 0 radical (unpaired) electrons. The predicted molar refractivity (Wildman–Crippen MR) is 58.5 cm³/mol. The Morgan fingerprint density at radius 1 is 1.33 bits per heavy atom. The van der Waals surface area contributed by atoms with Gasteiger partial charge in [0.2, 0.25) is 5.91 Å². The van der Waals surface area contributed by atoms with E-state index in [9.17, 15) is 4.79 Å². The lowest BCUT2D eigenvalue weighted by Crippen LogP contribution is -2.48. The molecule has 1 aromatic carbocycles. The van der Waals surface area contributed by atoms with Crippen molar-refractivity contribution in [1.29, 1.82) is 0 Å². The zero-order valence-corrected chi connectivity index (χ0v) is 8.31. The summed E-state index contributed by atoms with van der Waals surface area (Å²) < 4.78 is 0. The summed E-state index contributed by atoms with van der Waals surface area (Å²) in [6.45, 7) is 0.904. The van der Waals surface area contributed by atoms with Crippen LogP contribution in [0.25, 0.3) is 0 Å². The molecule has 2 unspecified atom stereocenters. The zero-order valence-electron chi connectivity index (χ0n) is 8.31. The fourth-order valence-electron chi connectivity index (χ4n) is 2.42. The first-order valence-electron chi connectivity index (χ1n) is 5.18. The number of hydrogen-bond donors (Lipinski definition) is 2. The van der Waals surface area contributed by atoms with Crippen molar-refractivity contribution in [2.75, 3.05) is 17.2 Å². The van der Waals surface area contributed by atoms with Crippen molar-refractivity contribution >= 4 is 17.3 Å². The Kier molecular flexibility index (Phi) is 1.73. The number of nitrogen functional groups attached to an aromatic ring is 1. The summed E-state index contributed by atoms with van der Waals surface area (Å²) in [6.07, 6.45) is 0.934. The maximum atomic E-state index is 11.9. The van der Waals surface area contributed by atoms with E-state index in [1.807, 2.05) is 29.2 Å². The zero-order chi connectivity index (χ0) is 10.4. The average Bonchev–Trinajstić information content (AvgIpc) is 2.80. The van der Waals surface area contributed by atoms with Crippen molar-refractivity contribution in [2.24, 2.45) is 0 Å². The van der Waals surface area contributed by atoms with E-state index in [2.05, 4.69) is 5.32 Å². The second kappa shape index (κ2) is 2.97. The van der Waals surface area contributed by atoms with Crippen LogP contribution in [0, 0.1) is 0 Å². The number of fused-ring (bicyclic) bond motifs is 2. The molecule has 15 heavy (non-hydrogen) atoms. The normalized spacial score (nSPS) is 28.8. The molecule has 2 heterocycles. The Morgan fingerprint density at radius 3 is 2.67 bits per heavy atom. The quantitative estimate of drug-likeness (QED) is 0.647. The second-order valence-corrected chi connectivity index (χ2v) is 4.15. The molecule has 2 aliphatic rings. The first kappa shape index (κ1) is 8.73. The molecule has 2 bridgehead atoms. The van der Waals surface area contributed by atoms with Crippen molar-refractivity contribution in [3.05, 3.63) is 24.3 Å². The molecule has 0 aliphatic carbocycles. The van der Waals surface area contributed by atoms with Gasteiger partial charge < -0.3 is 16.0 Å². The van der Waals surface area contributed by atoms with Gasteiger partial charge in [-0.05, 0) is 30.7 Å². The molecule has 0 spiro atoms. The third-order valence-corrected chi connectivity index (χ3v) is 3.18. The van der Waals surface area contributed by atoms with Crippen LogP contribution >= 0.6 is 0 Å². The first-order chi connectivity index (χ1) is 7.25. The molecule has 2 saturated heterocycles. The third-order valence-electron chi connectivity index (χ3n) is 3.18. The monoisotopic (exact) mass is 203 g/mol. The molecule has 2 atom stereocenters. The van der Waals surface area contributed by atoms with Crippen molar-refractivity contribution in [3.63, 3.8) is 0 Å². The topological polar surface area (TPSA) is 58.4 Å². The second-order valence-electron chi connectivity index (χ2n) is 4.15. The minimum absolute atomic E-state index is 0.0348. The number of rotatable bonds is 1. The Bertz CT molecular complexity index is 401. The highest BCUT2D eigenvalue weighted by molar-refractivity contribution is 6.01. The molecule has 0 aromatic heterocycles. The largest absolute Gasteiger partial charge is 0.399 e. The molecule has 4 heteroatoms. The molecular weight excluding hydrogens is 190 g/mol. The Morgan fingerprint density at radius 2 is 2.07 bits per heavy atom. The highest BCUT2D eigenvalue weighted by Crippen LogP contribution is 2.30. The van der Waals surface area contributed by atoms with Crippen molar-refractivity contribution in [2.45, 2.75) is 18.5 Å². The van der Waals surface area contributed by atoms with E-state index in [0.29, 0.717) is 6.04 Å². The van der Waals surface area contributed by atoms with Crippen LogP contribution in [0.4, 0.5) is 11.4 Å². The van der Waals surface area contributed by atoms with Gasteiger partial charge in [-0.15, -0.1) is 0 Å². The van der Waals surface area contributed by atoms with Crippen LogP contribution in [0.15, 0.2) is 24.3 Å². The molecule has 4 nitrogen and oxygen atoms in total. The van der Waals surface area contributed by atoms with E-state index in [-0.39, 0.29) is 11.9 Å². The number of carbonyl (C=O) groups is 1. The lowest BCUT2D eigenvalue weighted by Gasteiger charge is -2.27. The lowest BCUT2D eigenvalue weighted by atomic mass is 10.2. The maximum Gasteiger partial charge on any atom is 0.244 e. The smallest absolute Gasteiger partial charge is 0.244 e. The maximum absolute atomic E-state index is 11.9. The number of nitrogens with zero attached hydrogens (tertiary/aromatic N) is 1. The third kappa shape index (κ3) is 1.22. The molecule has 0 saturated carbocycles. The number of hydrogen-bond acceptors (Lipinski definition) is 3. The van der Waals surface area contributed by atoms with Crippen LogP contribution in [0.3, 0.4) is 0 Å². The Balaban J connectivity index is 1.94. The average molecular weight is 203 g/mol. The van der Waals surface area contributed by atoms with Gasteiger partial charge in [-0.2, -0.15) is 0 Å². The number of nitrogens with two attached hydrogens (primary N) is 1. The summed E-state index contributed by atoms with van der Waals surface area (Å²) in [4.78, 5) is 13.8. The van der Waals surface area contributed by atoms with Gasteiger partial charge in [0.25, 0.3) is 0 Å². The van der Waals surface area contributed by atoms with Gasteiger partial charge in [-0.25, -0.2) is 0 Å². The summed E-state index contributed by atoms with van der Waals surface area (Å²) in [7, 11) is 0. The van der Waals surface area contributed by atoms with E-state index in [4.69, 9.17) is 5.73 Å². The van der Waals surface area contributed by atoms with E-state index in [1.54, 1.807) is 0 Å². The van der Waals surface area contributed by atoms with Gasteiger partial charge in [-0.3, -0.25) is 4.79 Å². The van der Waals surface area contributed by atoms with Crippen molar-refractivity contribution in [3.8, 4) is 0 Å². The standard InChI is InChI=1S/C11H13N3O/c12-7-1-3-8(4-2-7)14-9-5-10(11(14)15)13-6-9/h1-4,9-10,13H,5-6,12H2. The number of anilines is 2. The first-order valence-corrected chi connectivity index (χ1v) is 5.18. The summed E-state index contributed by atoms with van der Waals surface area (Å²) in [5.41, 5.74) is 7.31. The van der Waals surface area contributed by atoms with Gasteiger partial charge in [-0.1, -0.05) is 0 Å². The minimum Gasteiger partial charge on any atom is -0.399 e. The van der Waals surface area contributed by atoms with E-state index >= 15 is 0 Å². The van der Waals surface area contributed by atoms with Crippen LogP contribution < -0.4 is 16.0 Å². The summed E-state index contributed by atoms with van der Waals surface area (Å²) in [5.74, 6) is 0.191. The number of benzene rings is 1. The van der Waals surface area contributed by atoms with Crippen LogP contribution in [0.1, 0.15) is 6.42 Å². The lowest BCUT2D eigenvalue weighted by molar-refractivity contribution is -0.119. The highest BCUT2D eigenvalue weighted by atomic mass is 16.2. The summed E-state index contributed by atoms with van der Waals surface area (Å²) >= 11 is 0. The number of nitrogens with one attached hydrogen (secondary N) is 1. The molecule has 2 aliphatic heterocycles. The molecule has 78 valence electrons. The number of carbonyl (C=O) groups excluding carboxylic acids is 1. The van der Waals surface area contributed by atoms with Gasteiger partial charge in [0.1, 0.15) is 0 Å². The van der Waals surface area contributed by atoms with E-state index < -0.39 is 0 Å². The fraction of sp³-hybridized carbons (Fsp3) is 0.364. The summed E-state index contributed by atoms with van der Waals surface area (Å²) in [6, 6.07) is 7.85. The van der Waals surface area contributed by atoms with Gasteiger partial charge in [0, 0.05) is 17.9 Å². The van der Waals surface area contributed by atoms with Crippen LogP contribution in [-0.4, -0.2) is 24.5 Å². The van der Waals surface area contributed by atoms with Crippen LogP contribution in [-0.2, 0) is 4.79 Å². The van der Waals surface area contributed by atoms with Crippen molar-refractivity contribution in [1.82, 2.24) is 5.32 Å².